The third kappa shape index (κ3) is 3.64. The molecule has 7 nitrogen and oxygen atoms in total. The van der Waals surface area contributed by atoms with E-state index in [-0.39, 0.29) is 11.8 Å². The van der Waals surface area contributed by atoms with Crippen molar-refractivity contribution in [3.05, 3.63) is 42.2 Å². The molecule has 0 aliphatic carbocycles. The third-order valence-electron chi connectivity index (χ3n) is 5.53. The van der Waals surface area contributed by atoms with Gasteiger partial charge in [0.2, 0.25) is 5.91 Å². The van der Waals surface area contributed by atoms with Crippen molar-refractivity contribution < 1.29 is 9.53 Å². The molecule has 4 heterocycles. The molecule has 4 atom stereocenters. The second-order valence-corrected chi connectivity index (χ2v) is 7.26. The van der Waals surface area contributed by atoms with Gasteiger partial charge in [0.05, 0.1) is 25.3 Å². The summed E-state index contributed by atoms with van der Waals surface area (Å²) in [5, 5.41) is 11.4. The summed E-state index contributed by atoms with van der Waals surface area (Å²) in [5.74, 6) is 0.656. The number of piperidine rings is 3. The maximum absolute atomic E-state index is 12.7. The summed E-state index contributed by atoms with van der Waals surface area (Å²) in [6, 6.07) is 10.1. The van der Waals surface area contributed by atoms with Crippen molar-refractivity contribution in [1.29, 1.82) is 0 Å². The van der Waals surface area contributed by atoms with Crippen molar-refractivity contribution in [2.75, 3.05) is 25.5 Å². The summed E-state index contributed by atoms with van der Waals surface area (Å²) in [4.78, 5) is 15.2. The first-order chi connectivity index (χ1) is 12.7. The predicted molar refractivity (Wildman–Crippen MR) is 97.4 cm³/mol. The van der Waals surface area contributed by atoms with Gasteiger partial charge in [-0.05, 0) is 37.4 Å². The highest BCUT2D eigenvalue weighted by Crippen LogP contribution is 2.37. The largest absolute Gasteiger partial charge is 0.378 e. The summed E-state index contributed by atoms with van der Waals surface area (Å²) in [7, 11) is 1.66. The molecule has 2 bridgehead atoms. The Hall–Kier alpha value is -2.25. The normalized spacial score (nSPS) is 27.4. The number of ether oxygens (including phenoxy) is 1. The first kappa shape index (κ1) is 17.2. The van der Waals surface area contributed by atoms with Gasteiger partial charge in [0, 0.05) is 25.4 Å². The van der Waals surface area contributed by atoms with Crippen LogP contribution in [-0.4, -0.2) is 52.0 Å². The lowest BCUT2D eigenvalue weighted by molar-refractivity contribution is -0.127. The van der Waals surface area contributed by atoms with Gasteiger partial charge in [-0.3, -0.25) is 14.4 Å². The number of methoxy groups -OCH3 is 1. The van der Waals surface area contributed by atoms with E-state index in [1.54, 1.807) is 7.11 Å². The number of nitrogens with zero attached hydrogens (tertiary/aromatic N) is 4. The molecule has 138 valence electrons. The van der Waals surface area contributed by atoms with Gasteiger partial charge in [-0.1, -0.05) is 23.4 Å². The summed E-state index contributed by atoms with van der Waals surface area (Å²) in [6.45, 7) is 3.19. The molecule has 0 saturated carbocycles. The van der Waals surface area contributed by atoms with Crippen LogP contribution in [-0.2, 0) is 22.7 Å². The Morgan fingerprint density at radius 3 is 2.92 bits per heavy atom. The zero-order valence-electron chi connectivity index (χ0n) is 15.0. The van der Waals surface area contributed by atoms with Crippen molar-refractivity contribution in [3.8, 4) is 0 Å². The Balaban J connectivity index is 1.37. The lowest BCUT2D eigenvalue weighted by atomic mass is 9.75. The zero-order chi connectivity index (χ0) is 17.9. The van der Waals surface area contributed by atoms with Gasteiger partial charge >= 0.3 is 0 Å². The molecule has 1 amide bonds. The monoisotopic (exact) mass is 355 g/mol. The minimum atomic E-state index is 0.0694. The van der Waals surface area contributed by atoms with Gasteiger partial charge in [0.25, 0.3) is 0 Å². The number of benzene rings is 1. The predicted octanol–water partition coefficient (Wildman–Crippen LogP) is 1.77. The Kier molecular flexibility index (Phi) is 4.99. The third-order valence-corrected chi connectivity index (χ3v) is 5.53. The quantitative estimate of drug-likeness (QED) is 0.855. The fourth-order valence-corrected chi connectivity index (χ4v) is 4.24. The first-order valence-electron chi connectivity index (χ1n) is 9.21. The average molecular weight is 355 g/mol. The van der Waals surface area contributed by atoms with Crippen LogP contribution in [0.2, 0.25) is 0 Å². The zero-order valence-corrected chi connectivity index (χ0v) is 15.0. The fourth-order valence-electron chi connectivity index (χ4n) is 4.24. The van der Waals surface area contributed by atoms with E-state index >= 15 is 0 Å². The van der Waals surface area contributed by atoms with Crippen LogP contribution >= 0.6 is 0 Å². The van der Waals surface area contributed by atoms with E-state index in [9.17, 15) is 4.79 Å². The van der Waals surface area contributed by atoms with Gasteiger partial charge in [-0.15, -0.1) is 5.10 Å². The highest BCUT2D eigenvalue weighted by molar-refractivity contribution is 5.93. The smallest absolute Gasteiger partial charge is 0.229 e. The molecule has 3 fully saturated rings. The number of carbonyl (C=O) groups excluding carboxylic acids is 1. The van der Waals surface area contributed by atoms with Gasteiger partial charge < -0.3 is 10.1 Å². The van der Waals surface area contributed by atoms with Crippen molar-refractivity contribution >= 4 is 11.6 Å². The van der Waals surface area contributed by atoms with E-state index in [0.29, 0.717) is 18.6 Å². The van der Waals surface area contributed by atoms with Gasteiger partial charge in [0.15, 0.2) is 0 Å². The molecule has 0 radical (unpaired) electrons. The van der Waals surface area contributed by atoms with Crippen LogP contribution in [0.15, 0.2) is 36.5 Å². The Bertz CT molecular complexity index is 747. The fraction of sp³-hybridized carbons (Fsp3) is 0.526. The van der Waals surface area contributed by atoms with E-state index in [1.165, 1.54) is 0 Å². The van der Waals surface area contributed by atoms with Crippen molar-refractivity contribution in [3.63, 3.8) is 0 Å². The summed E-state index contributed by atoms with van der Waals surface area (Å²) >= 11 is 0. The standard InChI is InChI=1S/C19H25N5O2/c1-26-13-16-10-24(22-21-16)11-17-9-14-7-8-23(17)12-18(14)19(25)20-15-5-3-2-4-6-15/h2-6,10,14,17-18H,7-9,11-13H2,1H3,(H,20,25). The molecule has 7 heteroatoms. The van der Waals surface area contributed by atoms with E-state index < -0.39 is 0 Å². The van der Waals surface area contributed by atoms with Crippen LogP contribution in [0.4, 0.5) is 5.69 Å². The maximum atomic E-state index is 12.7. The maximum Gasteiger partial charge on any atom is 0.229 e. The number of amides is 1. The van der Waals surface area contributed by atoms with E-state index in [1.807, 2.05) is 41.2 Å². The Morgan fingerprint density at radius 2 is 2.19 bits per heavy atom. The molecule has 5 rings (SSSR count). The van der Waals surface area contributed by atoms with Crippen LogP contribution in [0, 0.1) is 11.8 Å². The Morgan fingerprint density at radius 1 is 1.35 bits per heavy atom. The number of para-hydroxylation sites is 1. The number of aromatic nitrogens is 3. The minimum absolute atomic E-state index is 0.0694. The SMILES string of the molecule is COCc1cn(CC2CC3CCN2CC3C(=O)Nc2ccccc2)nn1. The molecule has 4 unspecified atom stereocenters. The number of rotatable bonds is 6. The molecule has 26 heavy (non-hydrogen) atoms. The number of hydrogen-bond donors (Lipinski definition) is 1. The first-order valence-corrected chi connectivity index (χ1v) is 9.21. The van der Waals surface area contributed by atoms with Crippen LogP contribution < -0.4 is 5.32 Å². The number of anilines is 1. The van der Waals surface area contributed by atoms with Crippen LogP contribution in [0.5, 0.6) is 0 Å². The van der Waals surface area contributed by atoms with Crippen molar-refractivity contribution in [2.45, 2.75) is 32.0 Å². The van der Waals surface area contributed by atoms with E-state index in [2.05, 4.69) is 20.5 Å². The number of hydrogen-bond acceptors (Lipinski definition) is 5. The van der Waals surface area contributed by atoms with E-state index in [4.69, 9.17) is 4.74 Å². The summed E-state index contributed by atoms with van der Waals surface area (Å²) in [6.07, 6.45) is 4.08. The number of fused-ring (bicyclic) bond motifs is 3. The Labute approximate surface area is 153 Å². The van der Waals surface area contributed by atoms with Crippen LogP contribution in [0.25, 0.3) is 0 Å². The average Bonchev–Trinajstić information content (AvgIpc) is 3.10. The minimum Gasteiger partial charge on any atom is -0.378 e. The molecule has 3 saturated heterocycles. The molecular weight excluding hydrogens is 330 g/mol. The van der Waals surface area contributed by atoms with Crippen molar-refractivity contribution in [1.82, 2.24) is 19.9 Å². The lowest BCUT2D eigenvalue weighted by Gasteiger charge is -2.49. The van der Waals surface area contributed by atoms with Gasteiger partial charge in [-0.25, -0.2) is 0 Å². The topological polar surface area (TPSA) is 72.3 Å². The second-order valence-electron chi connectivity index (χ2n) is 7.26. The number of nitrogens with one attached hydrogen (secondary N) is 1. The molecule has 3 aliphatic heterocycles. The molecule has 0 spiro atoms. The summed E-state index contributed by atoms with van der Waals surface area (Å²) in [5.41, 5.74) is 1.72. The highest BCUT2D eigenvalue weighted by Gasteiger charge is 2.43. The number of carbonyl (C=O) groups is 1. The van der Waals surface area contributed by atoms with Crippen molar-refractivity contribution in [2.24, 2.45) is 11.8 Å². The lowest BCUT2D eigenvalue weighted by Crippen LogP contribution is -2.57. The van der Waals surface area contributed by atoms with Crippen LogP contribution in [0.3, 0.4) is 0 Å². The van der Waals surface area contributed by atoms with E-state index in [0.717, 1.165) is 43.9 Å². The highest BCUT2D eigenvalue weighted by atomic mass is 16.5. The van der Waals surface area contributed by atoms with Gasteiger partial charge in [-0.2, -0.15) is 0 Å². The molecule has 1 aromatic carbocycles. The molecule has 3 aliphatic rings. The molecular formula is C19H25N5O2. The van der Waals surface area contributed by atoms with Gasteiger partial charge in [0.1, 0.15) is 5.69 Å². The molecule has 1 N–H and O–H groups in total. The molecule has 2 aromatic rings. The second kappa shape index (κ2) is 7.55. The molecule has 1 aromatic heterocycles. The van der Waals surface area contributed by atoms with Crippen LogP contribution in [0.1, 0.15) is 18.5 Å². The summed E-state index contributed by atoms with van der Waals surface area (Å²) < 4.78 is 7.00.